The second-order valence-corrected chi connectivity index (χ2v) is 5.99. The Bertz CT molecular complexity index is 871. The highest BCUT2D eigenvalue weighted by Crippen LogP contribution is 2.37. The third kappa shape index (κ3) is 2.60. The summed E-state index contributed by atoms with van der Waals surface area (Å²) in [5.74, 6) is 1.08. The molecule has 0 spiro atoms. The van der Waals surface area contributed by atoms with Gasteiger partial charge in [-0.2, -0.15) is 10.1 Å². The van der Waals surface area contributed by atoms with Gasteiger partial charge >= 0.3 is 0 Å². The van der Waals surface area contributed by atoms with Crippen LogP contribution in [0.2, 0.25) is 0 Å². The molecule has 0 N–H and O–H groups in total. The van der Waals surface area contributed by atoms with Gasteiger partial charge in [0.1, 0.15) is 6.54 Å². The van der Waals surface area contributed by atoms with E-state index in [1.54, 1.807) is 6.92 Å². The van der Waals surface area contributed by atoms with Crippen LogP contribution in [0.15, 0.2) is 35.0 Å². The zero-order valence-corrected chi connectivity index (χ0v) is 13.1. The van der Waals surface area contributed by atoms with Crippen molar-refractivity contribution in [2.45, 2.75) is 38.7 Å². The molecular formula is C17H16F2N4O. The van der Waals surface area contributed by atoms with Crippen molar-refractivity contribution in [3.05, 3.63) is 53.1 Å². The van der Waals surface area contributed by atoms with Gasteiger partial charge < -0.3 is 4.52 Å². The summed E-state index contributed by atoms with van der Waals surface area (Å²) in [5.41, 5.74) is 3.74. The minimum Gasteiger partial charge on any atom is -0.334 e. The summed E-state index contributed by atoms with van der Waals surface area (Å²) in [6, 6.07) is 8.25. The van der Waals surface area contributed by atoms with E-state index < -0.39 is 13.0 Å². The molecule has 0 saturated carbocycles. The first-order valence-electron chi connectivity index (χ1n) is 7.86. The molecule has 4 rings (SSSR count). The molecule has 1 aliphatic carbocycles. The molecule has 1 aliphatic rings. The van der Waals surface area contributed by atoms with E-state index >= 15 is 0 Å². The fourth-order valence-electron chi connectivity index (χ4n) is 3.27. The molecular weight excluding hydrogens is 314 g/mol. The number of nitrogens with zero attached hydrogens (tertiary/aromatic N) is 4. The molecule has 124 valence electrons. The quantitative estimate of drug-likeness (QED) is 0.733. The third-order valence-electron chi connectivity index (χ3n) is 4.39. The first kappa shape index (κ1) is 15.0. The van der Waals surface area contributed by atoms with Crippen molar-refractivity contribution in [1.82, 2.24) is 19.9 Å². The van der Waals surface area contributed by atoms with E-state index in [2.05, 4.69) is 27.4 Å². The molecule has 5 nitrogen and oxygen atoms in total. The van der Waals surface area contributed by atoms with Crippen molar-refractivity contribution in [2.75, 3.05) is 0 Å². The van der Waals surface area contributed by atoms with Gasteiger partial charge in [0.15, 0.2) is 5.82 Å². The number of alkyl halides is 2. The molecule has 24 heavy (non-hydrogen) atoms. The molecule has 1 aromatic carbocycles. The van der Waals surface area contributed by atoms with E-state index in [1.807, 2.05) is 12.1 Å². The average Bonchev–Trinajstić information content (AvgIpc) is 3.24. The molecule has 0 bridgehead atoms. The first-order chi connectivity index (χ1) is 11.6. The van der Waals surface area contributed by atoms with Gasteiger partial charge in [-0.1, -0.05) is 29.4 Å². The number of benzene rings is 1. The fourth-order valence-corrected chi connectivity index (χ4v) is 3.27. The highest BCUT2D eigenvalue weighted by Gasteiger charge is 2.28. The summed E-state index contributed by atoms with van der Waals surface area (Å²) in [4.78, 5) is 4.50. The lowest BCUT2D eigenvalue weighted by Crippen LogP contribution is -2.06. The predicted molar refractivity (Wildman–Crippen MR) is 82.9 cm³/mol. The van der Waals surface area contributed by atoms with E-state index in [0.29, 0.717) is 23.0 Å². The second kappa shape index (κ2) is 5.81. The highest BCUT2D eigenvalue weighted by atomic mass is 19.3. The molecule has 1 unspecified atom stereocenters. The third-order valence-corrected chi connectivity index (χ3v) is 4.39. The van der Waals surface area contributed by atoms with Gasteiger partial charge in [-0.3, -0.25) is 4.68 Å². The number of fused-ring (bicyclic) bond motifs is 1. The molecule has 7 heteroatoms. The Kier molecular flexibility index (Phi) is 3.63. The molecule has 2 heterocycles. The van der Waals surface area contributed by atoms with Gasteiger partial charge in [0.05, 0.1) is 11.3 Å². The van der Waals surface area contributed by atoms with E-state index in [9.17, 15) is 8.78 Å². The lowest BCUT2D eigenvalue weighted by molar-refractivity contribution is 0.121. The maximum absolute atomic E-state index is 12.5. The Hall–Kier alpha value is -2.57. The SMILES string of the molecule is Cc1nn(CC(F)F)cc1-c1nc(C2CCc3ccccc32)no1. The Morgan fingerprint density at radius 1 is 1.33 bits per heavy atom. The van der Waals surface area contributed by atoms with E-state index in [4.69, 9.17) is 4.52 Å². The Labute approximate surface area is 137 Å². The zero-order valence-electron chi connectivity index (χ0n) is 13.1. The number of hydrogen-bond donors (Lipinski definition) is 0. The van der Waals surface area contributed by atoms with Crippen molar-refractivity contribution < 1.29 is 13.3 Å². The molecule has 3 aromatic rings. The van der Waals surface area contributed by atoms with Crippen LogP contribution in [0, 0.1) is 6.92 Å². The predicted octanol–water partition coefficient (Wildman–Crippen LogP) is 3.58. The summed E-state index contributed by atoms with van der Waals surface area (Å²) in [5, 5.41) is 8.19. The first-order valence-corrected chi connectivity index (χ1v) is 7.86. The maximum Gasteiger partial charge on any atom is 0.261 e. The molecule has 0 radical (unpaired) electrons. The van der Waals surface area contributed by atoms with E-state index in [1.165, 1.54) is 22.0 Å². The molecule has 0 fully saturated rings. The Morgan fingerprint density at radius 2 is 2.17 bits per heavy atom. The highest BCUT2D eigenvalue weighted by molar-refractivity contribution is 5.55. The Morgan fingerprint density at radius 3 is 3.00 bits per heavy atom. The fraction of sp³-hybridized carbons (Fsp3) is 0.353. The Balaban J connectivity index is 1.63. The van der Waals surface area contributed by atoms with E-state index in [-0.39, 0.29) is 5.92 Å². The lowest BCUT2D eigenvalue weighted by Gasteiger charge is -2.05. The van der Waals surface area contributed by atoms with Gasteiger partial charge in [-0.05, 0) is 30.9 Å². The van der Waals surface area contributed by atoms with Gasteiger partial charge in [0.25, 0.3) is 12.3 Å². The minimum absolute atomic E-state index is 0.120. The number of halogens is 2. The summed E-state index contributed by atoms with van der Waals surface area (Å²) in [7, 11) is 0. The van der Waals surface area contributed by atoms with Gasteiger partial charge in [0, 0.05) is 12.1 Å². The number of aromatic nitrogens is 4. The van der Waals surface area contributed by atoms with Crippen LogP contribution in [0.3, 0.4) is 0 Å². The van der Waals surface area contributed by atoms with Crippen molar-refractivity contribution in [3.63, 3.8) is 0 Å². The second-order valence-electron chi connectivity index (χ2n) is 5.99. The smallest absolute Gasteiger partial charge is 0.261 e. The van der Waals surface area contributed by atoms with Gasteiger partial charge in [0.2, 0.25) is 0 Å². The monoisotopic (exact) mass is 330 g/mol. The summed E-state index contributed by atoms with van der Waals surface area (Å²) in [6.45, 7) is 1.30. The summed E-state index contributed by atoms with van der Waals surface area (Å²) in [6.07, 6.45) is 1.02. The average molecular weight is 330 g/mol. The van der Waals surface area contributed by atoms with Gasteiger partial charge in [-0.25, -0.2) is 8.78 Å². The lowest BCUT2D eigenvalue weighted by atomic mass is 10.0. The molecule has 0 aliphatic heterocycles. The zero-order chi connectivity index (χ0) is 16.7. The van der Waals surface area contributed by atoms with Crippen LogP contribution < -0.4 is 0 Å². The van der Waals surface area contributed by atoms with Crippen molar-refractivity contribution in [1.29, 1.82) is 0 Å². The largest absolute Gasteiger partial charge is 0.334 e. The van der Waals surface area contributed by atoms with E-state index in [0.717, 1.165) is 12.8 Å². The molecule has 0 amide bonds. The van der Waals surface area contributed by atoms with Crippen molar-refractivity contribution >= 4 is 0 Å². The van der Waals surface area contributed by atoms with Crippen molar-refractivity contribution in [2.24, 2.45) is 0 Å². The van der Waals surface area contributed by atoms with Crippen LogP contribution >= 0.6 is 0 Å². The maximum atomic E-state index is 12.5. The summed E-state index contributed by atoms with van der Waals surface area (Å²) < 4.78 is 31.6. The van der Waals surface area contributed by atoms with Crippen LogP contribution in [0.4, 0.5) is 8.78 Å². The van der Waals surface area contributed by atoms with Crippen LogP contribution in [-0.4, -0.2) is 26.3 Å². The topological polar surface area (TPSA) is 56.7 Å². The number of hydrogen-bond acceptors (Lipinski definition) is 4. The standard InChI is InChI=1S/C17H16F2N4O/c1-10-14(8-23(21-10)9-15(18)19)17-20-16(22-24-17)13-7-6-11-4-2-3-5-12(11)13/h2-5,8,13,15H,6-7,9H2,1H3. The van der Waals surface area contributed by atoms with Crippen LogP contribution in [0.1, 0.15) is 35.0 Å². The number of rotatable bonds is 4. The summed E-state index contributed by atoms with van der Waals surface area (Å²) >= 11 is 0. The minimum atomic E-state index is -2.45. The van der Waals surface area contributed by atoms with Crippen molar-refractivity contribution in [3.8, 4) is 11.5 Å². The van der Waals surface area contributed by atoms with Crippen LogP contribution in [0.5, 0.6) is 0 Å². The number of aryl methyl sites for hydroxylation is 2. The molecule has 2 aromatic heterocycles. The molecule has 0 saturated heterocycles. The van der Waals surface area contributed by atoms with Crippen LogP contribution in [-0.2, 0) is 13.0 Å². The normalized spacial score (nSPS) is 16.8. The van der Waals surface area contributed by atoms with Gasteiger partial charge in [-0.15, -0.1) is 0 Å². The van der Waals surface area contributed by atoms with Crippen LogP contribution in [0.25, 0.3) is 11.5 Å². The molecule has 1 atom stereocenters.